The van der Waals surface area contributed by atoms with Crippen LogP contribution in [0.15, 0.2) is 77.7 Å². The molecule has 13 heteroatoms. The van der Waals surface area contributed by atoms with E-state index in [0.29, 0.717) is 9.13 Å². The molecule has 3 aromatic rings. The SMILES string of the molecule is CC(C)(C)[Si](C)(C)OC(C(Cc1ccccc1)NC(=O)Cn1cc(I)cc(NC(=O)OCc2ccccc2)c1=O)C(F)(F)F. The van der Waals surface area contributed by atoms with Crippen molar-refractivity contribution in [1.29, 1.82) is 0 Å². The van der Waals surface area contributed by atoms with Crippen molar-refractivity contribution < 1.29 is 31.9 Å². The van der Waals surface area contributed by atoms with Crippen LogP contribution in [0.5, 0.6) is 0 Å². The van der Waals surface area contributed by atoms with Crippen LogP contribution in [-0.4, -0.2) is 43.2 Å². The van der Waals surface area contributed by atoms with E-state index in [9.17, 15) is 27.6 Å². The Kier molecular flexibility index (Phi) is 11.8. The number of nitrogens with zero attached hydrogens (tertiary/aromatic N) is 1. The normalized spacial score (nSPS) is 13.6. The summed E-state index contributed by atoms with van der Waals surface area (Å²) in [7, 11) is -2.93. The molecule has 2 atom stereocenters. The van der Waals surface area contributed by atoms with Crippen molar-refractivity contribution in [3.05, 3.63) is 98.0 Å². The average molecular weight is 744 g/mol. The number of rotatable bonds is 11. The summed E-state index contributed by atoms with van der Waals surface area (Å²) in [6, 6.07) is 17.4. The fraction of sp³-hybridized carbons (Fsp3) is 0.387. The van der Waals surface area contributed by atoms with Gasteiger partial charge >= 0.3 is 12.3 Å². The first-order chi connectivity index (χ1) is 20.5. The molecule has 0 bridgehead atoms. The predicted octanol–water partition coefficient (Wildman–Crippen LogP) is 6.88. The van der Waals surface area contributed by atoms with Gasteiger partial charge in [0, 0.05) is 9.77 Å². The number of anilines is 1. The Morgan fingerprint density at radius 2 is 1.55 bits per heavy atom. The molecule has 3 rings (SSSR count). The number of carbonyl (C=O) groups excluding carboxylic acids is 2. The fourth-order valence-electron chi connectivity index (χ4n) is 4.06. The van der Waals surface area contributed by atoms with E-state index in [0.717, 1.165) is 10.1 Å². The number of alkyl halides is 3. The Morgan fingerprint density at radius 3 is 2.09 bits per heavy atom. The minimum Gasteiger partial charge on any atom is -0.444 e. The summed E-state index contributed by atoms with van der Waals surface area (Å²) in [5.41, 5.74) is 0.469. The third-order valence-electron chi connectivity index (χ3n) is 7.38. The van der Waals surface area contributed by atoms with Crippen LogP contribution in [0.3, 0.4) is 0 Å². The third-order valence-corrected chi connectivity index (χ3v) is 12.4. The smallest absolute Gasteiger partial charge is 0.415 e. The molecule has 44 heavy (non-hydrogen) atoms. The van der Waals surface area contributed by atoms with Crippen LogP contribution in [0.2, 0.25) is 18.1 Å². The second-order valence-electron chi connectivity index (χ2n) is 11.9. The predicted molar refractivity (Wildman–Crippen MR) is 174 cm³/mol. The number of ether oxygens (including phenoxy) is 1. The van der Waals surface area contributed by atoms with Gasteiger partial charge < -0.3 is 19.0 Å². The van der Waals surface area contributed by atoms with Crippen molar-refractivity contribution in [3.8, 4) is 0 Å². The molecule has 2 N–H and O–H groups in total. The van der Waals surface area contributed by atoms with Crippen LogP contribution in [0.1, 0.15) is 31.9 Å². The topological polar surface area (TPSA) is 98.7 Å². The molecule has 0 saturated heterocycles. The molecule has 0 fully saturated rings. The van der Waals surface area contributed by atoms with Crippen LogP contribution < -0.4 is 16.2 Å². The summed E-state index contributed by atoms with van der Waals surface area (Å²) in [6.07, 6.45) is -6.70. The Labute approximate surface area is 269 Å². The molecule has 8 nitrogen and oxygen atoms in total. The van der Waals surface area contributed by atoms with Gasteiger partial charge in [-0.2, -0.15) is 13.2 Å². The summed E-state index contributed by atoms with van der Waals surface area (Å²) in [6.45, 7) is 8.35. The first kappa shape index (κ1) is 35.3. The average Bonchev–Trinajstić information content (AvgIpc) is 2.92. The van der Waals surface area contributed by atoms with Crippen LogP contribution in [0.25, 0.3) is 0 Å². The number of aromatic nitrogens is 1. The molecule has 0 aliphatic carbocycles. The number of halogens is 4. The third kappa shape index (κ3) is 10.2. The fourth-order valence-corrected chi connectivity index (χ4v) is 5.99. The zero-order valence-electron chi connectivity index (χ0n) is 25.2. The summed E-state index contributed by atoms with van der Waals surface area (Å²) in [4.78, 5) is 38.8. The van der Waals surface area contributed by atoms with E-state index in [-0.39, 0.29) is 18.7 Å². The lowest BCUT2D eigenvalue weighted by atomic mass is 10.0. The minimum absolute atomic E-state index is 0.0205. The zero-order chi connectivity index (χ0) is 32.7. The number of hydrogen-bond acceptors (Lipinski definition) is 5. The molecule has 0 aliphatic rings. The first-order valence-electron chi connectivity index (χ1n) is 13.9. The minimum atomic E-state index is -4.78. The van der Waals surface area contributed by atoms with Gasteiger partial charge in [0.05, 0.1) is 6.04 Å². The maximum atomic E-state index is 14.6. The van der Waals surface area contributed by atoms with Gasteiger partial charge in [-0.05, 0) is 64.3 Å². The summed E-state index contributed by atoms with van der Waals surface area (Å²) in [5, 5.41) is 4.38. The van der Waals surface area contributed by atoms with E-state index in [2.05, 4.69) is 10.6 Å². The lowest BCUT2D eigenvalue weighted by Gasteiger charge is -2.42. The van der Waals surface area contributed by atoms with Crippen molar-refractivity contribution in [2.45, 2.75) is 76.8 Å². The van der Waals surface area contributed by atoms with Gasteiger partial charge in [-0.3, -0.25) is 14.9 Å². The van der Waals surface area contributed by atoms with E-state index in [4.69, 9.17) is 9.16 Å². The highest BCUT2D eigenvalue weighted by molar-refractivity contribution is 14.1. The van der Waals surface area contributed by atoms with Crippen LogP contribution in [0.4, 0.5) is 23.7 Å². The molecular weight excluding hydrogens is 706 g/mol. The maximum absolute atomic E-state index is 14.6. The van der Waals surface area contributed by atoms with Crippen molar-refractivity contribution in [1.82, 2.24) is 9.88 Å². The monoisotopic (exact) mass is 743 g/mol. The van der Waals surface area contributed by atoms with Crippen molar-refractivity contribution in [2.24, 2.45) is 0 Å². The number of benzene rings is 2. The largest absolute Gasteiger partial charge is 0.444 e. The molecule has 0 spiro atoms. The van der Waals surface area contributed by atoms with E-state index >= 15 is 0 Å². The summed E-state index contributed by atoms with van der Waals surface area (Å²) < 4.78 is 56.3. The van der Waals surface area contributed by atoms with E-state index < -0.39 is 55.8 Å². The van der Waals surface area contributed by atoms with Gasteiger partial charge in [-0.15, -0.1) is 0 Å². The van der Waals surface area contributed by atoms with Crippen LogP contribution in [0, 0.1) is 3.57 Å². The van der Waals surface area contributed by atoms with Crippen LogP contribution in [-0.2, 0) is 33.5 Å². The number of nitrogens with one attached hydrogen (secondary N) is 2. The Morgan fingerprint density at radius 1 is 0.977 bits per heavy atom. The summed E-state index contributed by atoms with van der Waals surface area (Å²) >= 11 is 1.91. The summed E-state index contributed by atoms with van der Waals surface area (Å²) in [5.74, 6) is -0.819. The molecule has 2 amide bonds. The lowest BCUT2D eigenvalue weighted by Crippen LogP contribution is -2.58. The molecule has 2 aromatic carbocycles. The first-order valence-corrected chi connectivity index (χ1v) is 17.9. The van der Waals surface area contributed by atoms with Crippen molar-refractivity contribution in [3.63, 3.8) is 0 Å². The number of pyridine rings is 1. The van der Waals surface area contributed by atoms with E-state index in [1.807, 2.05) is 49.4 Å². The number of hydrogen-bond donors (Lipinski definition) is 2. The van der Waals surface area contributed by atoms with Crippen molar-refractivity contribution >= 4 is 48.6 Å². The van der Waals surface area contributed by atoms with Crippen LogP contribution >= 0.6 is 22.6 Å². The molecular formula is C31H37F3IN3O5Si. The van der Waals surface area contributed by atoms with Gasteiger partial charge in [0.15, 0.2) is 14.4 Å². The molecule has 238 valence electrons. The van der Waals surface area contributed by atoms with Crippen molar-refractivity contribution in [2.75, 3.05) is 5.32 Å². The Balaban J connectivity index is 1.83. The van der Waals surface area contributed by atoms with Gasteiger partial charge in [-0.25, -0.2) is 4.79 Å². The Bertz CT molecular complexity index is 1480. The standard InChI is InChI=1S/C31H37F3IN3O5Si/c1-30(2,3)44(4,5)43-27(31(32,33)34)24(16-21-12-8-6-9-13-21)36-26(39)19-38-18-23(35)17-25(28(38)40)37-29(41)42-20-22-14-10-7-11-15-22/h6-15,17-18,24,27H,16,19-20H2,1-5H3,(H,36,39)(H,37,41). The Hall–Kier alpha value is -3.17. The maximum Gasteiger partial charge on any atom is 0.415 e. The second-order valence-corrected chi connectivity index (χ2v) is 17.9. The second kappa shape index (κ2) is 14.7. The molecule has 1 aromatic heterocycles. The lowest BCUT2D eigenvalue weighted by molar-refractivity contribution is -0.206. The molecule has 2 unspecified atom stereocenters. The highest BCUT2D eigenvalue weighted by Gasteiger charge is 2.51. The van der Waals surface area contributed by atoms with Gasteiger partial charge in [-0.1, -0.05) is 81.4 Å². The molecule has 0 radical (unpaired) electrons. The number of amides is 2. The van der Waals surface area contributed by atoms with Gasteiger partial charge in [0.2, 0.25) is 5.91 Å². The van der Waals surface area contributed by atoms with E-state index in [1.165, 1.54) is 12.3 Å². The quantitative estimate of drug-likeness (QED) is 0.165. The molecule has 1 heterocycles. The highest BCUT2D eigenvalue weighted by Crippen LogP contribution is 2.40. The molecule has 0 saturated carbocycles. The van der Waals surface area contributed by atoms with E-state index in [1.54, 1.807) is 67.7 Å². The molecule has 0 aliphatic heterocycles. The van der Waals surface area contributed by atoms with Gasteiger partial charge in [0.25, 0.3) is 5.56 Å². The highest BCUT2D eigenvalue weighted by atomic mass is 127. The number of carbonyl (C=O) groups is 2. The van der Waals surface area contributed by atoms with Gasteiger partial charge in [0.1, 0.15) is 18.8 Å². The zero-order valence-corrected chi connectivity index (χ0v) is 28.4.